The maximum absolute atomic E-state index is 11.6. The standard InChI is InChI=1S/C16H21NO3/c1-4-17(5-2)11-12-7-8-14-13(9-12)10-15(20-14)16(18)19-6-3/h7-10H,4-6,11H2,1-3H3. The third-order valence-electron chi connectivity index (χ3n) is 3.36. The number of hydrogen-bond donors (Lipinski definition) is 0. The Bertz CT molecular complexity index is 584. The number of carbonyl (C=O) groups excluding carboxylic acids is 1. The molecule has 0 aliphatic carbocycles. The van der Waals surface area contributed by atoms with Gasteiger partial charge in [-0.1, -0.05) is 19.9 Å². The van der Waals surface area contributed by atoms with Crippen molar-refractivity contribution in [3.05, 3.63) is 35.6 Å². The molecular formula is C16H21NO3. The summed E-state index contributed by atoms with van der Waals surface area (Å²) in [7, 11) is 0. The van der Waals surface area contributed by atoms with Crippen LogP contribution in [0.1, 0.15) is 36.9 Å². The first-order valence-electron chi connectivity index (χ1n) is 7.09. The van der Waals surface area contributed by atoms with Gasteiger partial charge >= 0.3 is 5.97 Å². The fourth-order valence-electron chi connectivity index (χ4n) is 2.20. The molecule has 2 rings (SSSR count). The van der Waals surface area contributed by atoms with Crippen LogP contribution in [0.5, 0.6) is 0 Å². The second-order valence-electron chi connectivity index (χ2n) is 4.66. The number of carbonyl (C=O) groups is 1. The van der Waals surface area contributed by atoms with Gasteiger partial charge in [0.25, 0.3) is 0 Å². The summed E-state index contributed by atoms with van der Waals surface area (Å²) < 4.78 is 10.5. The van der Waals surface area contributed by atoms with Gasteiger partial charge in [0.2, 0.25) is 5.76 Å². The van der Waals surface area contributed by atoms with Gasteiger partial charge in [0.05, 0.1) is 6.61 Å². The molecule has 2 aromatic rings. The molecule has 0 bridgehead atoms. The maximum Gasteiger partial charge on any atom is 0.374 e. The van der Waals surface area contributed by atoms with E-state index in [0.29, 0.717) is 6.61 Å². The van der Waals surface area contributed by atoms with Crippen molar-refractivity contribution in [1.29, 1.82) is 0 Å². The number of furan rings is 1. The zero-order valence-corrected chi connectivity index (χ0v) is 12.3. The number of hydrogen-bond acceptors (Lipinski definition) is 4. The molecule has 0 saturated carbocycles. The van der Waals surface area contributed by atoms with Gasteiger partial charge in [-0.25, -0.2) is 4.79 Å². The van der Waals surface area contributed by atoms with Gasteiger partial charge in [-0.05, 0) is 43.8 Å². The highest BCUT2D eigenvalue weighted by atomic mass is 16.5. The summed E-state index contributed by atoms with van der Waals surface area (Å²) in [5, 5.41) is 0.942. The summed E-state index contributed by atoms with van der Waals surface area (Å²) in [4.78, 5) is 14.0. The summed E-state index contributed by atoms with van der Waals surface area (Å²) >= 11 is 0. The highest BCUT2D eigenvalue weighted by Crippen LogP contribution is 2.22. The lowest BCUT2D eigenvalue weighted by molar-refractivity contribution is 0.0492. The molecule has 0 fully saturated rings. The lowest BCUT2D eigenvalue weighted by Crippen LogP contribution is -2.21. The Kier molecular flexibility index (Phi) is 4.79. The van der Waals surface area contributed by atoms with Gasteiger partial charge in [-0.15, -0.1) is 0 Å². The summed E-state index contributed by atoms with van der Waals surface area (Å²) in [6.45, 7) is 9.38. The molecule has 0 radical (unpaired) electrons. The first-order chi connectivity index (χ1) is 9.67. The third-order valence-corrected chi connectivity index (χ3v) is 3.36. The monoisotopic (exact) mass is 275 g/mol. The Morgan fingerprint density at radius 2 is 1.95 bits per heavy atom. The van der Waals surface area contributed by atoms with Gasteiger partial charge in [-0.3, -0.25) is 4.90 Å². The van der Waals surface area contributed by atoms with Crippen LogP contribution in [0.4, 0.5) is 0 Å². The van der Waals surface area contributed by atoms with E-state index < -0.39 is 5.97 Å². The molecule has 1 aromatic heterocycles. The number of esters is 1. The lowest BCUT2D eigenvalue weighted by atomic mass is 10.1. The normalized spacial score (nSPS) is 11.2. The number of rotatable bonds is 6. The first-order valence-corrected chi connectivity index (χ1v) is 7.09. The van der Waals surface area contributed by atoms with Crippen LogP contribution in [0.3, 0.4) is 0 Å². The van der Waals surface area contributed by atoms with Crippen molar-refractivity contribution in [2.75, 3.05) is 19.7 Å². The van der Waals surface area contributed by atoms with E-state index >= 15 is 0 Å². The molecule has 4 heteroatoms. The largest absolute Gasteiger partial charge is 0.460 e. The minimum absolute atomic E-state index is 0.266. The van der Waals surface area contributed by atoms with E-state index in [1.165, 1.54) is 5.56 Å². The Hall–Kier alpha value is -1.81. The predicted octanol–water partition coefficient (Wildman–Crippen LogP) is 3.45. The van der Waals surface area contributed by atoms with E-state index in [2.05, 4.69) is 24.8 Å². The van der Waals surface area contributed by atoms with Crippen LogP contribution in [0.15, 0.2) is 28.7 Å². The van der Waals surface area contributed by atoms with Crippen LogP contribution in [0, 0.1) is 0 Å². The van der Waals surface area contributed by atoms with Crippen LogP contribution in [-0.2, 0) is 11.3 Å². The first kappa shape index (κ1) is 14.6. The van der Waals surface area contributed by atoms with Gasteiger partial charge in [0.1, 0.15) is 5.58 Å². The number of nitrogens with zero attached hydrogens (tertiary/aromatic N) is 1. The van der Waals surface area contributed by atoms with Crippen molar-refractivity contribution in [3.8, 4) is 0 Å². The Morgan fingerprint density at radius 3 is 2.60 bits per heavy atom. The predicted molar refractivity (Wildman–Crippen MR) is 78.8 cm³/mol. The van der Waals surface area contributed by atoms with Crippen LogP contribution in [-0.4, -0.2) is 30.6 Å². The summed E-state index contributed by atoms with van der Waals surface area (Å²) in [5.41, 5.74) is 1.94. The van der Waals surface area contributed by atoms with Gasteiger partial charge < -0.3 is 9.15 Å². The molecule has 0 N–H and O–H groups in total. The van der Waals surface area contributed by atoms with E-state index in [1.54, 1.807) is 13.0 Å². The molecule has 1 aromatic carbocycles. The molecule has 20 heavy (non-hydrogen) atoms. The van der Waals surface area contributed by atoms with Crippen molar-refractivity contribution in [2.24, 2.45) is 0 Å². The quantitative estimate of drug-likeness (QED) is 0.757. The fourth-order valence-corrected chi connectivity index (χ4v) is 2.20. The maximum atomic E-state index is 11.6. The highest BCUT2D eigenvalue weighted by molar-refractivity contribution is 5.92. The van der Waals surface area contributed by atoms with Crippen LogP contribution >= 0.6 is 0 Å². The molecule has 0 atom stereocenters. The number of ether oxygens (including phenoxy) is 1. The molecule has 0 aliphatic rings. The van der Waals surface area contributed by atoms with E-state index in [9.17, 15) is 4.79 Å². The van der Waals surface area contributed by atoms with E-state index in [-0.39, 0.29) is 5.76 Å². The Balaban J connectivity index is 2.23. The van der Waals surface area contributed by atoms with Gasteiger partial charge in [0, 0.05) is 11.9 Å². The smallest absolute Gasteiger partial charge is 0.374 e. The van der Waals surface area contributed by atoms with Crippen LogP contribution in [0.2, 0.25) is 0 Å². The topological polar surface area (TPSA) is 42.7 Å². The van der Waals surface area contributed by atoms with Gasteiger partial charge in [-0.2, -0.15) is 0 Å². The highest BCUT2D eigenvalue weighted by Gasteiger charge is 2.13. The molecule has 0 unspecified atom stereocenters. The molecule has 1 heterocycles. The second-order valence-corrected chi connectivity index (χ2v) is 4.66. The van der Waals surface area contributed by atoms with Crippen LogP contribution < -0.4 is 0 Å². The molecule has 4 nitrogen and oxygen atoms in total. The van der Waals surface area contributed by atoms with Crippen molar-refractivity contribution in [1.82, 2.24) is 4.90 Å². The van der Waals surface area contributed by atoms with Crippen molar-refractivity contribution in [3.63, 3.8) is 0 Å². The number of fused-ring (bicyclic) bond motifs is 1. The molecule has 108 valence electrons. The average Bonchev–Trinajstić information content (AvgIpc) is 2.88. The summed E-state index contributed by atoms with van der Waals surface area (Å²) in [5.74, 6) is -0.143. The zero-order chi connectivity index (χ0) is 14.5. The minimum Gasteiger partial charge on any atom is -0.460 e. The second kappa shape index (κ2) is 6.57. The molecule has 0 amide bonds. The van der Waals surface area contributed by atoms with Crippen molar-refractivity contribution >= 4 is 16.9 Å². The minimum atomic E-state index is -0.408. The van der Waals surface area contributed by atoms with E-state index in [0.717, 1.165) is 30.6 Å². The van der Waals surface area contributed by atoms with Crippen LogP contribution in [0.25, 0.3) is 11.0 Å². The van der Waals surface area contributed by atoms with E-state index in [4.69, 9.17) is 9.15 Å². The molecule has 0 saturated heterocycles. The summed E-state index contributed by atoms with van der Waals surface area (Å²) in [6, 6.07) is 7.77. The fraction of sp³-hybridized carbons (Fsp3) is 0.438. The average molecular weight is 275 g/mol. The molecule has 0 spiro atoms. The third kappa shape index (κ3) is 3.20. The summed E-state index contributed by atoms with van der Waals surface area (Å²) in [6.07, 6.45) is 0. The molecule has 0 aliphatic heterocycles. The Labute approximate surface area is 119 Å². The zero-order valence-electron chi connectivity index (χ0n) is 12.3. The van der Waals surface area contributed by atoms with E-state index in [1.807, 2.05) is 12.1 Å². The molecular weight excluding hydrogens is 254 g/mol. The Morgan fingerprint density at radius 1 is 1.20 bits per heavy atom. The van der Waals surface area contributed by atoms with Crippen molar-refractivity contribution in [2.45, 2.75) is 27.3 Å². The van der Waals surface area contributed by atoms with Crippen molar-refractivity contribution < 1.29 is 13.9 Å². The number of benzene rings is 1. The lowest BCUT2D eigenvalue weighted by Gasteiger charge is -2.17. The van der Waals surface area contributed by atoms with Gasteiger partial charge in [0.15, 0.2) is 0 Å². The SMILES string of the molecule is CCOC(=O)c1cc2cc(CN(CC)CC)ccc2o1.